The van der Waals surface area contributed by atoms with E-state index in [0.717, 1.165) is 33.9 Å². The summed E-state index contributed by atoms with van der Waals surface area (Å²) in [6.45, 7) is 0. The lowest BCUT2D eigenvalue weighted by atomic mass is 9.69. The summed E-state index contributed by atoms with van der Waals surface area (Å²) in [5, 5.41) is 2.52. The first-order valence-corrected chi connectivity index (χ1v) is 22.5. The molecule has 10 aromatic carbocycles. The number of rotatable bonds is 5. The van der Waals surface area contributed by atoms with E-state index in [2.05, 4.69) is 231 Å². The molecule has 1 atom stereocenters. The lowest BCUT2D eigenvalue weighted by Crippen LogP contribution is -2.26. The molecule has 3 aliphatic carbocycles. The molecule has 2 heteroatoms. The van der Waals surface area contributed by atoms with Crippen LogP contribution in [0.15, 0.2) is 231 Å². The Labute approximate surface area is 377 Å². The van der Waals surface area contributed by atoms with Gasteiger partial charge in [0.25, 0.3) is 0 Å². The van der Waals surface area contributed by atoms with Crippen LogP contribution >= 0.6 is 0 Å². The molecule has 11 aromatic rings. The fourth-order valence-electron chi connectivity index (χ4n) is 11.6. The Hall–Kier alpha value is -8.46. The number of hydrogen-bond donors (Lipinski definition) is 0. The Balaban J connectivity index is 1.16. The zero-order valence-electron chi connectivity index (χ0n) is 35.3. The summed E-state index contributed by atoms with van der Waals surface area (Å²) in [6.07, 6.45) is 0. The molecule has 0 bridgehead atoms. The van der Waals surface area contributed by atoms with E-state index in [1.54, 1.807) is 0 Å². The molecule has 300 valence electrons. The number of hydrogen-bond acceptors (Lipinski definition) is 2. The summed E-state index contributed by atoms with van der Waals surface area (Å²) < 4.78 is 0. The Kier molecular flexibility index (Phi) is 7.64. The molecule has 3 aliphatic rings. The second-order valence-electron chi connectivity index (χ2n) is 17.5. The molecule has 0 fully saturated rings. The maximum atomic E-state index is 5.65. The first kappa shape index (κ1) is 36.1. The van der Waals surface area contributed by atoms with Crippen molar-refractivity contribution in [2.24, 2.45) is 0 Å². The lowest BCUT2D eigenvalue weighted by Gasteiger charge is -2.32. The molecular formula is C63H38N2. The van der Waals surface area contributed by atoms with E-state index in [1.807, 2.05) is 0 Å². The first-order valence-electron chi connectivity index (χ1n) is 22.5. The fourth-order valence-corrected chi connectivity index (χ4v) is 11.6. The van der Waals surface area contributed by atoms with Gasteiger partial charge in [0.15, 0.2) is 5.82 Å². The number of nitrogens with zero attached hydrogens (tertiary/aromatic N) is 2. The molecule has 2 nitrogen and oxygen atoms in total. The maximum Gasteiger partial charge on any atom is 0.161 e. The fraction of sp³-hybridized carbons (Fsp3) is 0.0159. The van der Waals surface area contributed by atoms with Gasteiger partial charge in [0, 0.05) is 22.3 Å². The van der Waals surface area contributed by atoms with Crippen LogP contribution in [-0.4, -0.2) is 9.97 Å². The van der Waals surface area contributed by atoms with Crippen LogP contribution in [-0.2, 0) is 5.41 Å². The van der Waals surface area contributed by atoms with Gasteiger partial charge in [-0.3, -0.25) is 0 Å². The van der Waals surface area contributed by atoms with Crippen molar-refractivity contribution in [2.45, 2.75) is 5.41 Å². The average Bonchev–Trinajstić information content (AvgIpc) is 3.98. The Morgan fingerprint density at radius 2 is 0.738 bits per heavy atom. The van der Waals surface area contributed by atoms with Gasteiger partial charge in [-0.2, -0.15) is 0 Å². The molecular weight excluding hydrogens is 785 g/mol. The second kappa shape index (κ2) is 13.8. The molecule has 14 rings (SSSR count). The Morgan fingerprint density at radius 3 is 1.35 bits per heavy atom. The van der Waals surface area contributed by atoms with Gasteiger partial charge < -0.3 is 0 Å². The molecule has 1 spiro atoms. The third kappa shape index (κ3) is 5.05. The van der Waals surface area contributed by atoms with Gasteiger partial charge in [-0.1, -0.05) is 206 Å². The largest absolute Gasteiger partial charge is 0.228 e. The zero-order chi connectivity index (χ0) is 42.6. The SMILES string of the molecule is c1ccc(-c2cc(-c3ccccc3)nc(-c3c4c(cc5c3-c3ccccc3C53c5ccccc5-c5cc(-c6ccccc6)c(-c6ccccc6)cc53)-c3cccc5cccc-4c35)n2)cc1. The molecule has 0 saturated carbocycles. The molecule has 1 heterocycles. The van der Waals surface area contributed by atoms with E-state index in [0.29, 0.717) is 0 Å². The number of benzene rings is 10. The second-order valence-corrected chi connectivity index (χ2v) is 17.5. The van der Waals surface area contributed by atoms with E-state index in [-0.39, 0.29) is 0 Å². The standard InChI is InChI=1S/C63H38N2/c1-5-19-39(20-6-1)48-35-50-44-29-13-15-33-52(44)63(54(50)36-49(48)40-21-7-2-8-22-40)53-34-16-14-30-46(53)60-55(63)37-51-45-31-17-27-43-28-18-32-47(58(43)45)59(51)61(60)62-64-56(41-23-9-3-10-24-41)38-57(65-62)42-25-11-4-12-26-42/h1-38H. The van der Waals surface area contributed by atoms with Crippen molar-refractivity contribution >= 4 is 10.8 Å². The maximum absolute atomic E-state index is 5.65. The van der Waals surface area contributed by atoms with Crippen LogP contribution in [0.5, 0.6) is 0 Å². The van der Waals surface area contributed by atoms with Crippen LogP contribution in [0.2, 0.25) is 0 Å². The van der Waals surface area contributed by atoms with E-state index < -0.39 is 5.41 Å². The van der Waals surface area contributed by atoms with Crippen LogP contribution in [0.3, 0.4) is 0 Å². The van der Waals surface area contributed by atoms with Crippen molar-refractivity contribution < 1.29 is 0 Å². The topological polar surface area (TPSA) is 25.8 Å². The van der Waals surface area contributed by atoms with Crippen LogP contribution in [0.25, 0.3) is 111 Å². The molecule has 0 N–H and O–H groups in total. The normalized spacial score (nSPS) is 14.5. The van der Waals surface area contributed by atoms with Crippen LogP contribution in [0.4, 0.5) is 0 Å². The number of aromatic nitrogens is 2. The van der Waals surface area contributed by atoms with Gasteiger partial charge in [0.1, 0.15) is 0 Å². The molecule has 1 unspecified atom stereocenters. The Bertz CT molecular complexity index is 3680. The highest BCUT2D eigenvalue weighted by Crippen LogP contribution is 2.67. The monoisotopic (exact) mass is 822 g/mol. The summed E-state index contributed by atoms with van der Waals surface area (Å²) in [7, 11) is 0. The summed E-state index contributed by atoms with van der Waals surface area (Å²) in [4.78, 5) is 11.3. The third-order valence-corrected chi connectivity index (χ3v) is 14.2. The zero-order valence-corrected chi connectivity index (χ0v) is 35.3. The highest BCUT2D eigenvalue weighted by Gasteiger charge is 2.54. The molecule has 0 amide bonds. The molecule has 65 heavy (non-hydrogen) atoms. The summed E-state index contributed by atoms with van der Waals surface area (Å²) in [5.41, 5.74) is 24.2. The molecule has 1 aromatic heterocycles. The van der Waals surface area contributed by atoms with E-state index in [4.69, 9.17) is 9.97 Å². The minimum absolute atomic E-state index is 0.637. The highest BCUT2D eigenvalue weighted by molar-refractivity contribution is 6.21. The van der Waals surface area contributed by atoms with Gasteiger partial charge in [-0.25, -0.2) is 9.97 Å². The van der Waals surface area contributed by atoms with E-state index in [1.165, 1.54) is 99.8 Å². The third-order valence-electron chi connectivity index (χ3n) is 14.2. The van der Waals surface area contributed by atoms with Gasteiger partial charge in [-0.05, 0) is 118 Å². The number of fused-ring (bicyclic) bond motifs is 13. The summed E-state index contributed by atoms with van der Waals surface area (Å²) in [5.74, 6) is 0.728. The minimum Gasteiger partial charge on any atom is -0.228 e. The predicted octanol–water partition coefficient (Wildman–Crippen LogP) is 16.0. The predicted molar refractivity (Wildman–Crippen MR) is 267 cm³/mol. The summed E-state index contributed by atoms with van der Waals surface area (Å²) in [6, 6.07) is 84.5. The van der Waals surface area contributed by atoms with Crippen molar-refractivity contribution in [2.75, 3.05) is 0 Å². The van der Waals surface area contributed by atoms with Crippen molar-refractivity contribution in [1.29, 1.82) is 0 Å². The lowest BCUT2D eigenvalue weighted by molar-refractivity contribution is 0.794. The van der Waals surface area contributed by atoms with Crippen LogP contribution < -0.4 is 0 Å². The Morgan fingerprint density at radius 1 is 0.262 bits per heavy atom. The smallest absolute Gasteiger partial charge is 0.161 e. The molecule has 0 saturated heterocycles. The van der Waals surface area contributed by atoms with Crippen molar-refractivity contribution in [3.63, 3.8) is 0 Å². The van der Waals surface area contributed by atoms with Crippen LogP contribution in [0, 0.1) is 0 Å². The quantitative estimate of drug-likeness (QED) is 0.173. The highest BCUT2D eigenvalue weighted by atomic mass is 14.9. The van der Waals surface area contributed by atoms with Gasteiger partial charge in [-0.15, -0.1) is 0 Å². The van der Waals surface area contributed by atoms with Gasteiger partial charge >= 0.3 is 0 Å². The van der Waals surface area contributed by atoms with Crippen molar-refractivity contribution in [3.8, 4) is 101 Å². The van der Waals surface area contributed by atoms with Gasteiger partial charge in [0.2, 0.25) is 0 Å². The van der Waals surface area contributed by atoms with Crippen molar-refractivity contribution in [1.82, 2.24) is 9.97 Å². The van der Waals surface area contributed by atoms with E-state index >= 15 is 0 Å². The van der Waals surface area contributed by atoms with Crippen molar-refractivity contribution in [3.05, 3.63) is 253 Å². The van der Waals surface area contributed by atoms with Gasteiger partial charge in [0.05, 0.1) is 16.8 Å². The molecule has 0 aliphatic heterocycles. The summed E-state index contributed by atoms with van der Waals surface area (Å²) >= 11 is 0. The van der Waals surface area contributed by atoms with Crippen LogP contribution in [0.1, 0.15) is 22.3 Å². The molecule has 0 radical (unpaired) electrons. The minimum atomic E-state index is -0.637. The first-order chi connectivity index (χ1) is 32.3. The van der Waals surface area contributed by atoms with E-state index in [9.17, 15) is 0 Å². The average molecular weight is 823 g/mol.